The molecule has 2 fully saturated rings. The molecule has 1 aromatic carbocycles. The molecule has 0 amide bonds. The Hall–Kier alpha value is -0.935. The van der Waals surface area contributed by atoms with E-state index in [0.29, 0.717) is 5.56 Å². The summed E-state index contributed by atoms with van der Waals surface area (Å²) in [5.41, 5.74) is -0.494. The molecule has 0 aromatic heterocycles. The molecule has 1 aliphatic carbocycles. The third-order valence-electron chi connectivity index (χ3n) is 4.83. The van der Waals surface area contributed by atoms with Gasteiger partial charge in [0.1, 0.15) is 0 Å². The third kappa shape index (κ3) is 1.91. The predicted molar refractivity (Wildman–Crippen MR) is 74.0 cm³/mol. The van der Waals surface area contributed by atoms with Gasteiger partial charge in [-0.15, -0.1) is 0 Å². The molecule has 1 aliphatic heterocycles. The fraction of sp³-hybridized carbons (Fsp3) is 0.600. The van der Waals surface area contributed by atoms with E-state index in [2.05, 4.69) is 0 Å². The molecule has 1 saturated heterocycles. The van der Waals surface area contributed by atoms with Gasteiger partial charge in [-0.2, -0.15) is 0 Å². The normalized spacial score (nSPS) is 33.2. The summed E-state index contributed by atoms with van der Waals surface area (Å²) < 4.78 is 39.8. The first-order valence-electron chi connectivity index (χ1n) is 6.95. The molecule has 0 radical (unpaired) electrons. The summed E-state index contributed by atoms with van der Waals surface area (Å²) in [6, 6.07) is 8.87. The van der Waals surface area contributed by atoms with Crippen LogP contribution >= 0.6 is 0 Å². The number of halogens is 2. The Bertz CT molecular complexity index is 500. The first kappa shape index (κ1) is 14.0. The SMILES string of the molecule is CC1(C)OB(C2C(c3ccccc3)C2(F)F)OC1(C)C. The van der Waals surface area contributed by atoms with Crippen LogP contribution in [-0.2, 0) is 9.31 Å². The van der Waals surface area contributed by atoms with Crippen LogP contribution in [0.2, 0.25) is 5.82 Å². The van der Waals surface area contributed by atoms with Crippen molar-refractivity contribution in [2.75, 3.05) is 0 Å². The van der Waals surface area contributed by atoms with Gasteiger partial charge < -0.3 is 9.31 Å². The Balaban J connectivity index is 1.83. The predicted octanol–water partition coefficient (Wildman–Crippen LogP) is 3.88. The summed E-state index contributed by atoms with van der Waals surface area (Å²) in [4.78, 5) is 0. The van der Waals surface area contributed by atoms with E-state index in [1.807, 2.05) is 33.8 Å². The van der Waals surface area contributed by atoms with Crippen LogP contribution in [0.5, 0.6) is 0 Å². The van der Waals surface area contributed by atoms with Crippen molar-refractivity contribution in [2.24, 2.45) is 0 Å². The zero-order valence-corrected chi connectivity index (χ0v) is 12.2. The van der Waals surface area contributed by atoms with Crippen LogP contribution < -0.4 is 0 Å². The topological polar surface area (TPSA) is 18.5 Å². The van der Waals surface area contributed by atoms with E-state index in [-0.39, 0.29) is 0 Å². The molecule has 0 spiro atoms. The maximum Gasteiger partial charge on any atom is 0.468 e. The number of alkyl halides is 2. The molecular formula is C15H19BF2O2. The summed E-state index contributed by atoms with van der Waals surface area (Å²) >= 11 is 0. The van der Waals surface area contributed by atoms with Gasteiger partial charge in [0, 0.05) is 0 Å². The molecule has 1 aromatic rings. The van der Waals surface area contributed by atoms with Gasteiger partial charge in [-0.1, -0.05) is 30.3 Å². The van der Waals surface area contributed by atoms with Gasteiger partial charge in [-0.3, -0.25) is 0 Å². The Labute approximate surface area is 118 Å². The summed E-state index contributed by atoms with van der Waals surface area (Å²) in [7, 11) is -0.847. The highest BCUT2D eigenvalue weighted by atomic mass is 19.3. The summed E-state index contributed by atoms with van der Waals surface area (Å²) in [6.07, 6.45) is 0. The molecule has 0 bridgehead atoms. The molecule has 5 heteroatoms. The maximum absolute atomic E-state index is 14.1. The fourth-order valence-electron chi connectivity index (χ4n) is 2.81. The minimum atomic E-state index is -2.76. The van der Waals surface area contributed by atoms with Crippen LogP contribution in [0.15, 0.2) is 30.3 Å². The monoisotopic (exact) mass is 280 g/mol. The Morgan fingerprint density at radius 1 is 0.950 bits per heavy atom. The maximum atomic E-state index is 14.1. The zero-order valence-electron chi connectivity index (χ0n) is 12.2. The van der Waals surface area contributed by atoms with Gasteiger partial charge in [0.2, 0.25) is 0 Å². The molecule has 1 saturated carbocycles. The lowest BCUT2D eigenvalue weighted by molar-refractivity contribution is 0.00578. The van der Waals surface area contributed by atoms with Gasteiger partial charge in [0.15, 0.2) is 0 Å². The van der Waals surface area contributed by atoms with E-state index in [9.17, 15) is 8.78 Å². The highest BCUT2D eigenvalue weighted by molar-refractivity contribution is 6.49. The number of benzene rings is 1. The van der Waals surface area contributed by atoms with Gasteiger partial charge in [-0.25, -0.2) is 8.78 Å². The average Bonchev–Trinajstić information content (AvgIpc) is 2.83. The van der Waals surface area contributed by atoms with E-state index in [0.717, 1.165) is 0 Å². The summed E-state index contributed by atoms with van der Waals surface area (Å²) in [6.45, 7) is 7.52. The molecule has 2 unspecified atom stereocenters. The second-order valence-corrected chi connectivity index (χ2v) is 6.71. The van der Waals surface area contributed by atoms with Crippen molar-refractivity contribution in [3.05, 3.63) is 35.9 Å². The van der Waals surface area contributed by atoms with Gasteiger partial charge >= 0.3 is 7.12 Å². The van der Waals surface area contributed by atoms with Gasteiger partial charge in [0.25, 0.3) is 5.92 Å². The van der Waals surface area contributed by atoms with Crippen LogP contribution in [0.25, 0.3) is 0 Å². The number of hydrogen-bond donors (Lipinski definition) is 0. The number of rotatable bonds is 2. The lowest BCUT2D eigenvalue weighted by Gasteiger charge is -2.32. The largest absolute Gasteiger partial charge is 0.468 e. The smallest absolute Gasteiger partial charge is 0.403 e. The van der Waals surface area contributed by atoms with E-state index in [1.54, 1.807) is 24.3 Å². The van der Waals surface area contributed by atoms with Gasteiger partial charge in [0.05, 0.1) is 22.9 Å². The first-order chi connectivity index (χ1) is 9.17. The molecule has 2 aliphatic rings. The van der Waals surface area contributed by atoms with Crippen molar-refractivity contribution in [2.45, 2.75) is 56.6 Å². The van der Waals surface area contributed by atoms with Crippen molar-refractivity contribution < 1.29 is 18.1 Å². The molecule has 3 rings (SSSR count). The van der Waals surface area contributed by atoms with Crippen molar-refractivity contribution in [3.8, 4) is 0 Å². The van der Waals surface area contributed by atoms with Crippen LogP contribution in [0.1, 0.15) is 39.2 Å². The molecule has 2 nitrogen and oxygen atoms in total. The van der Waals surface area contributed by atoms with Crippen LogP contribution in [-0.4, -0.2) is 24.2 Å². The second kappa shape index (κ2) is 4.04. The molecular weight excluding hydrogens is 261 g/mol. The number of hydrogen-bond acceptors (Lipinski definition) is 2. The minimum Gasteiger partial charge on any atom is -0.403 e. The quantitative estimate of drug-likeness (QED) is 0.765. The highest BCUT2D eigenvalue weighted by Gasteiger charge is 2.77. The summed E-state index contributed by atoms with van der Waals surface area (Å²) in [5, 5.41) is 0. The second-order valence-electron chi connectivity index (χ2n) is 6.71. The minimum absolute atomic E-state index is 0.572. The van der Waals surface area contributed by atoms with E-state index in [1.165, 1.54) is 0 Å². The van der Waals surface area contributed by atoms with Crippen LogP contribution in [0.3, 0.4) is 0 Å². The molecule has 0 N–H and O–H groups in total. The van der Waals surface area contributed by atoms with Crippen molar-refractivity contribution in [3.63, 3.8) is 0 Å². The van der Waals surface area contributed by atoms with Gasteiger partial charge in [-0.05, 0) is 33.3 Å². The molecule has 108 valence electrons. The first-order valence-corrected chi connectivity index (χ1v) is 6.95. The zero-order chi connectivity index (χ0) is 14.8. The van der Waals surface area contributed by atoms with Crippen LogP contribution in [0, 0.1) is 0 Å². The lowest BCUT2D eigenvalue weighted by atomic mass is 9.79. The third-order valence-corrected chi connectivity index (χ3v) is 4.83. The van der Waals surface area contributed by atoms with E-state index in [4.69, 9.17) is 9.31 Å². The molecule has 20 heavy (non-hydrogen) atoms. The Morgan fingerprint density at radius 3 is 1.95 bits per heavy atom. The van der Waals surface area contributed by atoms with Crippen molar-refractivity contribution in [1.82, 2.24) is 0 Å². The van der Waals surface area contributed by atoms with Crippen molar-refractivity contribution >= 4 is 7.12 Å². The molecule has 1 heterocycles. The Kier molecular flexibility index (Phi) is 2.84. The fourth-order valence-corrected chi connectivity index (χ4v) is 2.81. The van der Waals surface area contributed by atoms with Crippen molar-refractivity contribution in [1.29, 1.82) is 0 Å². The average molecular weight is 280 g/mol. The van der Waals surface area contributed by atoms with E-state index >= 15 is 0 Å². The highest BCUT2D eigenvalue weighted by Crippen LogP contribution is 2.69. The Morgan fingerprint density at radius 2 is 1.45 bits per heavy atom. The summed E-state index contributed by atoms with van der Waals surface area (Å²) in [5.74, 6) is -4.47. The van der Waals surface area contributed by atoms with Crippen LogP contribution in [0.4, 0.5) is 8.78 Å². The van der Waals surface area contributed by atoms with E-state index < -0.39 is 36.0 Å². The standard InChI is InChI=1S/C15H19BF2O2/c1-13(2)14(3,4)20-16(19-13)12-11(15(12,17)18)10-8-6-5-7-9-10/h5-9,11-12H,1-4H3. The lowest BCUT2D eigenvalue weighted by Crippen LogP contribution is -2.41. The molecule has 2 atom stereocenters.